The Hall–Kier alpha value is -0.513. The van der Waals surface area contributed by atoms with E-state index in [1.165, 1.54) is 26.4 Å². The van der Waals surface area contributed by atoms with Crippen LogP contribution < -0.4 is 0 Å². The van der Waals surface area contributed by atoms with E-state index in [0.29, 0.717) is 11.7 Å². The molecule has 0 N–H and O–H groups in total. The van der Waals surface area contributed by atoms with Gasteiger partial charge in [0.25, 0.3) is 0 Å². The van der Waals surface area contributed by atoms with Crippen molar-refractivity contribution in [3.05, 3.63) is 0 Å². The lowest BCUT2D eigenvalue weighted by atomic mass is 10.1. The number of carbonyl (C=O) groups excluding carboxylic acids is 1. The van der Waals surface area contributed by atoms with E-state index >= 15 is 0 Å². The van der Waals surface area contributed by atoms with Crippen LogP contribution in [0, 0.1) is 0 Å². The molecule has 1 aliphatic heterocycles. The van der Waals surface area contributed by atoms with E-state index in [1.54, 1.807) is 0 Å². The highest BCUT2D eigenvalue weighted by Crippen LogP contribution is 2.33. The highest BCUT2D eigenvalue weighted by atomic mass is 28.3. The van der Waals surface area contributed by atoms with Crippen molar-refractivity contribution in [2.24, 2.45) is 0 Å². The summed E-state index contributed by atoms with van der Waals surface area (Å²) in [4.78, 5) is 14.0. The second-order valence-corrected chi connectivity index (χ2v) is 11.5. The van der Waals surface area contributed by atoms with Gasteiger partial charge in [-0.05, 0) is 19.3 Å². The van der Waals surface area contributed by atoms with Crippen LogP contribution in [0.5, 0.6) is 0 Å². The number of nitrogens with zero attached hydrogens (tertiary/aromatic N) is 1. The molecular weight excluding hydrogens is 230 g/mol. The predicted octanol–water partition coefficient (Wildman–Crippen LogP) is 3.65. The minimum atomic E-state index is -1.32. The number of ether oxygens (including phenoxy) is 1. The Bertz CT molecular complexity index is 263. The number of methoxy groups -OCH3 is 1. The summed E-state index contributed by atoms with van der Waals surface area (Å²) < 4.78 is 4.98. The number of likely N-dealkylation sites (tertiary alicyclic amines) is 1. The summed E-state index contributed by atoms with van der Waals surface area (Å²) in [6.45, 7) is 9.23. The van der Waals surface area contributed by atoms with Crippen molar-refractivity contribution in [2.75, 3.05) is 7.11 Å². The molecule has 0 aromatic carbocycles. The van der Waals surface area contributed by atoms with Crippen molar-refractivity contribution >= 4 is 14.2 Å². The molecule has 0 saturated carbocycles. The van der Waals surface area contributed by atoms with Gasteiger partial charge in [-0.1, -0.05) is 39.4 Å². The lowest BCUT2D eigenvalue weighted by molar-refractivity contribution is 0.110. The van der Waals surface area contributed by atoms with Gasteiger partial charge in [-0.2, -0.15) is 0 Å². The molecule has 1 fully saturated rings. The number of rotatable bonds is 4. The number of carbonyl (C=O) groups is 1. The molecule has 0 aliphatic carbocycles. The van der Waals surface area contributed by atoms with Crippen LogP contribution >= 0.6 is 0 Å². The van der Waals surface area contributed by atoms with Crippen LogP contribution in [0.2, 0.25) is 19.6 Å². The minimum Gasteiger partial charge on any atom is -0.453 e. The zero-order valence-corrected chi connectivity index (χ0v) is 13.0. The lowest BCUT2D eigenvalue weighted by Gasteiger charge is -2.35. The Balaban J connectivity index is 2.78. The largest absolute Gasteiger partial charge is 0.453 e. The summed E-state index contributed by atoms with van der Waals surface area (Å²) in [5.41, 5.74) is 0.455. The second-order valence-electron chi connectivity index (χ2n) is 6.13. The van der Waals surface area contributed by atoms with Crippen LogP contribution in [0.25, 0.3) is 0 Å². The molecule has 1 heterocycles. The molecule has 3 nitrogen and oxygen atoms in total. The summed E-state index contributed by atoms with van der Waals surface area (Å²) in [7, 11) is 0.177. The SMILES string of the molecule is CCCCC1CCC([Si](C)(C)C)N1C(=O)OC. The van der Waals surface area contributed by atoms with Crippen molar-refractivity contribution in [3.63, 3.8) is 0 Å². The number of unbranched alkanes of at least 4 members (excludes halogenated alkanes) is 1. The quantitative estimate of drug-likeness (QED) is 0.719. The maximum Gasteiger partial charge on any atom is 0.409 e. The Labute approximate surface area is 107 Å². The average molecular weight is 257 g/mol. The molecule has 1 rings (SSSR count). The normalized spacial score (nSPS) is 25.1. The third-order valence-electron chi connectivity index (χ3n) is 3.78. The van der Waals surface area contributed by atoms with Gasteiger partial charge in [-0.25, -0.2) is 4.79 Å². The van der Waals surface area contributed by atoms with Crippen LogP contribution in [0.3, 0.4) is 0 Å². The second kappa shape index (κ2) is 5.89. The van der Waals surface area contributed by atoms with Crippen LogP contribution in [0.4, 0.5) is 4.79 Å². The Morgan fingerprint density at radius 1 is 1.35 bits per heavy atom. The first kappa shape index (κ1) is 14.5. The maximum absolute atomic E-state index is 12.0. The first-order valence-corrected chi connectivity index (χ1v) is 10.4. The van der Waals surface area contributed by atoms with Gasteiger partial charge in [0.2, 0.25) is 0 Å². The molecule has 1 aliphatic rings. The molecule has 17 heavy (non-hydrogen) atoms. The van der Waals surface area contributed by atoms with Crippen molar-refractivity contribution in [1.82, 2.24) is 4.90 Å². The van der Waals surface area contributed by atoms with Crippen molar-refractivity contribution in [2.45, 2.75) is 70.4 Å². The lowest BCUT2D eigenvalue weighted by Crippen LogP contribution is -2.52. The van der Waals surface area contributed by atoms with Gasteiger partial charge < -0.3 is 9.64 Å². The first-order valence-electron chi connectivity index (χ1n) is 6.78. The van der Waals surface area contributed by atoms with Gasteiger partial charge in [-0.3, -0.25) is 0 Å². The van der Waals surface area contributed by atoms with Crippen LogP contribution in [-0.4, -0.2) is 37.9 Å². The molecule has 2 atom stereocenters. The van der Waals surface area contributed by atoms with E-state index in [2.05, 4.69) is 31.5 Å². The summed E-state index contributed by atoms with van der Waals surface area (Å²) >= 11 is 0. The molecule has 0 aromatic rings. The van der Waals surface area contributed by atoms with Crippen LogP contribution in [0.1, 0.15) is 39.0 Å². The fourth-order valence-corrected chi connectivity index (χ4v) is 5.02. The van der Waals surface area contributed by atoms with E-state index < -0.39 is 8.07 Å². The molecule has 0 aromatic heterocycles. The molecular formula is C13H27NO2Si. The van der Waals surface area contributed by atoms with Gasteiger partial charge in [0.05, 0.1) is 15.2 Å². The third-order valence-corrected chi connectivity index (χ3v) is 6.34. The summed E-state index contributed by atoms with van der Waals surface area (Å²) in [6.07, 6.45) is 5.74. The maximum atomic E-state index is 12.0. The van der Waals surface area contributed by atoms with Gasteiger partial charge >= 0.3 is 6.09 Å². The fraction of sp³-hybridized carbons (Fsp3) is 0.923. The number of hydrogen-bond acceptors (Lipinski definition) is 2. The molecule has 0 radical (unpaired) electrons. The highest BCUT2D eigenvalue weighted by Gasteiger charge is 2.43. The molecule has 1 amide bonds. The number of amides is 1. The summed E-state index contributed by atoms with van der Waals surface area (Å²) in [6, 6.07) is 0.416. The van der Waals surface area contributed by atoms with E-state index in [-0.39, 0.29) is 6.09 Å². The third kappa shape index (κ3) is 3.47. The van der Waals surface area contributed by atoms with Crippen molar-refractivity contribution < 1.29 is 9.53 Å². The molecule has 100 valence electrons. The van der Waals surface area contributed by atoms with Gasteiger partial charge in [0.1, 0.15) is 0 Å². The van der Waals surface area contributed by atoms with Gasteiger partial charge in [0, 0.05) is 11.7 Å². The smallest absolute Gasteiger partial charge is 0.409 e. The Morgan fingerprint density at radius 2 is 2.00 bits per heavy atom. The highest BCUT2D eigenvalue weighted by molar-refractivity contribution is 6.77. The Morgan fingerprint density at radius 3 is 2.47 bits per heavy atom. The van der Waals surface area contributed by atoms with Gasteiger partial charge in [-0.15, -0.1) is 0 Å². The molecule has 2 unspecified atom stereocenters. The van der Waals surface area contributed by atoms with Crippen LogP contribution in [-0.2, 0) is 4.74 Å². The first-order chi connectivity index (χ1) is 7.91. The van der Waals surface area contributed by atoms with Crippen molar-refractivity contribution in [1.29, 1.82) is 0 Å². The van der Waals surface area contributed by atoms with E-state index in [0.717, 1.165) is 12.8 Å². The molecule has 0 bridgehead atoms. The van der Waals surface area contributed by atoms with Crippen LogP contribution in [0.15, 0.2) is 0 Å². The van der Waals surface area contributed by atoms with Crippen molar-refractivity contribution in [3.8, 4) is 0 Å². The van der Waals surface area contributed by atoms with E-state index in [1.807, 2.05) is 0 Å². The Kier molecular flexibility index (Phi) is 5.04. The molecule has 0 spiro atoms. The minimum absolute atomic E-state index is 0.115. The monoisotopic (exact) mass is 257 g/mol. The zero-order valence-electron chi connectivity index (χ0n) is 12.0. The summed E-state index contributed by atoms with van der Waals surface area (Å²) in [5.74, 6) is 0. The fourth-order valence-electron chi connectivity index (χ4n) is 2.84. The van der Waals surface area contributed by atoms with E-state index in [9.17, 15) is 4.79 Å². The predicted molar refractivity (Wildman–Crippen MR) is 73.9 cm³/mol. The standard InChI is InChI=1S/C13H27NO2Si/c1-6-7-8-11-9-10-12(17(3,4)5)14(11)13(15)16-2/h11-12H,6-10H2,1-5H3. The van der Waals surface area contributed by atoms with E-state index in [4.69, 9.17) is 4.74 Å². The topological polar surface area (TPSA) is 29.5 Å². The van der Waals surface area contributed by atoms with Gasteiger partial charge in [0.15, 0.2) is 0 Å². The number of hydrogen-bond donors (Lipinski definition) is 0. The zero-order chi connectivity index (χ0) is 13.1. The molecule has 1 saturated heterocycles. The average Bonchev–Trinajstić information content (AvgIpc) is 2.68. The molecule has 4 heteroatoms. The summed E-state index contributed by atoms with van der Waals surface area (Å²) in [5, 5.41) is 0.